The third-order valence-corrected chi connectivity index (χ3v) is 5.17. The van der Waals surface area contributed by atoms with Crippen LogP contribution in [-0.4, -0.2) is 5.75 Å². The normalized spacial score (nSPS) is 17.3. The predicted molar refractivity (Wildman–Crippen MR) is 94.6 cm³/mol. The molecule has 0 saturated heterocycles. The van der Waals surface area contributed by atoms with Crippen LogP contribution in [0.2, 0.25) is 0 Å². The number of hydrogen-bond donors (Lipinski definition) is 0. The molecule has 0 bridgehead atoms. The molecule has 22 heavy (non-hydrogen) atoms. The Morgan fingerprint density at radius 2 is 1.82 bits per heavy atom. The lowest BCUT2D eigenvalue weighted by molar-refractivity contribution is 0.594. The molecule has 0 spiro atoms. The van der Waals surface area contributed by atoms with Gasteiger partial charge in [0.05, 0.1) is 0 Å². The molecule has 0 aliphatic heterocycles. The van der Waals surface area contributed by atoms with Crippen LogP contribution in [0.15, 0.2) is 66.8 Å². The number of rotatable bonds is 4. The van der Waals surface area contributed by atoms with Gasteiger partial charge in [-0.2, -0.15) is 0 Å². The first kappa shape index (κ1) is 15.1. The lowest BCUT2D eigenvalue weighted by Gasteiger charge is -2.29. The summed E-state index contributed by atoms with van der Waals surface area (Å²) in [5, 5.41) is 0. The second kappa shape index (κ2) is 6.53. The Morgan fingerprint density at radius 3 is 2.50 bits per heavy atom. The van der Waals surface area contributed by atoms with Gasteiger partial charge in [-0.05, 0) is 40.5 Å². The lowest BCUT2D eigenvalue weighted by atomic mass is 9.79. The van der Waals surface area contributed by atoms with E-state index < -0.39 is 0 Å². The van der Waals surface area contributed by atoms with Crippen molar-refractivity contribution in [2.45, 2.75) is 19.3 Å². The molecule has 2 aromatic carbocycles. The molecule has 1 aliphatic rings. The van der Waals surface area contributed by atoms with Crippen molar-refractivity contribution in [3.63, 3.8) is 0 Å². The monoisotopic (exact) mass is 310 g/mol. The lowest BCUT2D eigenvalue weighted by Crippen LogP contribution is -2.12. The second-order valence-electron chi connectivity index (χ2n) is 5.36. The number of halogens is 1. The molecule has 1 atom stereocenters. The predicted octanol–water partition coefficient (Wildman–Crippen LogP) is 6.01. The standard InChI is InChI=1S/C20H19FS/c1-3-14-13-18(16-10-7-8-12-19(16)21)15-9-5-6-11-17(15)20(14)22-4-2/h3,5-12,18H,1,4,13H2,2H3. The van der Waals surface area contributed by atoms with Crippen LogP contribution >= 0.6 is 11.8 Å². The Labute approximate surface area is 135 Å². The summed E-state index contributed by atoms with van der Waals surface area (Å²) in [5.74, 6) is 0.953. The van der Waals surface area contributed by atoms with E-state index in [2.05, 4.69) is 31.7 Å². The molecule has 1 aliphatic carbocycles. The average Bonchev–Trinajstić information content (AvgIpc) is 2.56. The zero-order chi connectivity index (χ0) is 15.5. The van der Waals surface area contributed by atoms with Gasteiger partial charge in [0.25, 0.3) is 0 Å². The van der Waals surface area contributed by atoms with Gasteiger partial charge in [0.1, 0.15) is 5.82 Å². The molecule has 2 heteroatoms. The summed E-state index contributed by atoms with van der Waals surface area (Å²) in [5.41, 5.74) is 4.44. The summed E-state index contributed by atoms with van der Waals surface area (Å²) >= 11 is 1.84. The number of hydrogen-bond acceptors (Lipinski definition) is 1. The fourth-order valence-electron chi connectivity index (χ4n) is 3.13. The van der Waals surface area contributed by atoms with Gasteiger partial charge in [0, 0.05) is 10.8 Å². The van der Waals surface area contributed by atoms with Crippen LogP contribution in [0.5, 0.6) is 0 Å². The maximum absolute atomic E-state index is 14.3. The molecule has 0 aromatic heterocycles. The molecule has 0 nitrogen and oxygen atoms in total. The molecule has 0 heterocycles. The van der Waals surface area contributed by atoms with E-state index in [-0.39, 0.29) is 11.7 Å². The Hall–Kier alpha value is -1.80. The second-order valence-corrected chi connectivity index (χ2v) is 6.63. The van der Waals surface area contributed by atoms with Crippen LogP contribution in [-0.2, 0) is 0 Å². The third kappa shape index (κ3) is 2.64. The molecule has 0 saturated carbocycles. The van der Waals surface area contributed by atoms with Crippen molar-refractivity contribution in [3.8, 4) is 0 Å². The number of allylic oxidation sites excluding steroid dienone is 2. The van der Waals surface area contributed by atoms with Gasteiger partial charge in [-0.15, -0.1) is 11.8 Å². The topological polar surface area (TPSA) is 0 Å². The van der Waals surface area contributed by atoms with Crippen LogP contribution in [0.3, 0.4) is 0 Å². The first-order valence-corrected chi connectivity index (χ1v) is 8.57. The number of thioether (sulfide) groups is 1. The maximum Gasteiger partial charge on any atom is 0.127 e. The summed E-state index contributed by atoms with van der Waals surface area (Å²) in [7, 11) is 0. The summed E-state index contributed by atoms with van der Waals surface area (Å²) in [6, 6.07) is 15.5. The van der Waals surface area contributed by atoms with Crippen LogP contribution in [0.1, 0.15) is 36.0 Å². The van der Waals surface area contributed by atoms with Crippen LogP contribution in [0.4, 0.5) is 4.39 Å². The summed E-state index contributed by atoms with van der Waals surface area (Å²) in [6.45, 7) is 6.13. The van der Waals surface area contributed by atoms with Gasteiger partial charge < -0.3 is 0 Å². The van der Waals surface area contributed by atoms with E-state index in [9.17, 15) is 4.39 Å². The molecular formula is C20H19FS. The summed E-state index contributed by atoms with van der Waals surface area (Å²) < 4.78 is 14.3. The number of fused-ring (bicyclic) bond motifs is 1. The fourth-order valence-corrected chi connectivity index (χ4v) is 4.11. The van der Waals surface area contributed by atoms with Crippen molar-refractivity contribution < 1.29 is 4.39 Å². The van der Waals surface area contributed by atoms with Gasteiger partial charge >= 0.3 is 0 Å². The van der Waals surface area contributed by atoms with Gasteiger partial charge in [-0.25, -0.2) is 4.39 Å². The highest BCUT2D eigenvalue weighted by molar-refractivity contribution is 8.08. The zero-order valence-corrected chi connectivity index (χ0v) is 13.5. The number of benzene rings is 2. The van der Waals surface area contributed by atoms with Crippen molar-refractivity contribution in [1.82, 2.24) is 0 Å². The van der Waals surface area contributed by atoms with E-state index in [4.69, 9.17) is 0 Å². The minimum Gasteiger partial charge on any atom is -0.207 e. The first-order chi connectivity index (χ1) is 10.8. The average molecular weight is 310 g/mol. The van der Waals surface area contributed by atoms with E-state index in [1.165, 1.54) is 21.6 Å². The zero-order valence-electron chi connectivity index (χ0n) is 12.7. The highest BCUT2D eigenvalue weighted by Gasteiger charge is 2.28. The van der Waals surface area contributed by atoms with E-state index in [0.29, 0.717) is 0 Å². The minimum absolute atomic E-state index is 0.0617. The van der Waals surface area contributed by atoms with Crippen LogP contribution in [0.25, 0.3) is 4.91 Å². The van der Waals surface area contributed by atoms with Gasteiger partial charge in [-0.3, -0.25) is 0 Å². The molecule has 112 valence electrons. The molecule has 2 aromatic rings. The van der Waals surface area contributed by atoms with Gasteiger partial charge in [0.2, 0.25) is 0 Å². The van der Waals surface area contributed by atoms with Crippen molar-refractivity contribution in [2.75, 3.05) is 5.75 Å². The third-order valence-electron chi connectivity index (χ3n) is 4.11. The van der Waals surface area contributed by atoms with Crippen LogP contribution < -0.4 is 0 Å². The van der Waals surface area contributed by atoms with E-state index in [1.54, 1.807) is 12.1 Å². The van der Waals surface area contributed by atoms with Gasteiger partial charge in [0.15, 0.2) is 0 Å². The van der Waals surface area contributed by atoms with E-state index in [1.807, 2.05) is 36.0 Å². The Bertz CT molecular complexity index is 730. The summed E-state index contributed by atoms with van der Waals surface area (Å²) in [6.07, 6.45) is 2.74. The van der Waals surface area contributed by atoms with Crippen molar-refractivity contribution in [3.05, 3.63) is 89.3 Å². The highest BCUT2D eigenvalue weighted by Crippen LogP contribution is 2.46. The fraction of sp³-hybridized carbons (Fsp3) is 0.200. The van der Waals surface area contributed by atoms with Gasteiger partial charge in [-0.1, -0.05) is 62.0 Å². The summed E-state index contributed by atoms with van der Waals surface area (Å²) in [4.78, 5) is 1.29. The Balaban J connectivity index is 2.17. The quantitative estimate of drug-likeness (QED) is 0.666. The van der Waals surface area contributed by atoms with Crippen LogP contribution in [0, 0.1) is 5.82 Å². The molecule has 0 fully saturated rings. The van der Waals surface area contributed by atoms with Crippen molar-refractivity contribution in [2.24, 2.45) is 0 Å². The first-order valence-electron chi connectivity index (χ1n) is 7.58. The molecule has 1 unspecified atom stereocenters. The molecule has 0 amide bonds. The maximum atomic E-state index is 14.3. The largest absolute Gasteiger partial charge is 0.207 e. The van der Waals surface area contributed by atoms with E-state index in [0.717, 1.165) is 17.7 Å². The molecule has 0 N–H and O–H groups in total. The SMILES string of the molecule is C=CC1=C(SCC)c2ccccc2C(c2ccccc2F)C1. The molecule has 0 radical (unpaired) electrons. The minimum atomic E-state index is -0.127. The van der Waals surface area contributed by atoms with E-state index >= 15 is 0 Å². The highest BCUT2D eigenvalue weighted by atomic mass is 32.2. The molecular weight excluding hydrogens is 291 g/mol. The smallest absolute Gasteiger partial charge is 0.127 e. The van der Waals surface area contributed by atoms with Crippen molar-refractivity contribution >= 4 is 16.7 Å². The molecule has 3 rings (SSSR count). The van der Waals surface area contributed by atoms with Crippen molar-refractivity contribution in [1.29, 1.82) is 0 Å². The Kier molecular flexibility index (Phi) is 4.49. The Morgan fingerprint density at radius 1 is 1.14 bits per heavy atom.